The van der Waals surface area contributed by atoms with Crippen molar-refractivity contribution in [2.24, 2.45) is 16.9 Å². The summed E-state index contributed by atoms with van der Waals surface area (Å²) in [6.07, 6.45) is 5.16. The second-order valence-corrected chi connectivity index (χ2v) is 6.85. The van der Waals surface area contributed by atoms with Crippen molar-refractivity contribution >= 4 is 29.5 Å². The fourth-order valence-corrected chi connectivity index (χ4v) is 3.21. The van der Waals surface area contributed by atoms with Crippen LogP contribution >= 0.6 is 12.2 Å². The molecule has 25 heavy (non-hydrogen) atoms. The van der Waals surface area contributed by atoms with E-state index in [9.17, 15) is 4.79 Å². The Kier molecular flexibility index (Phi) is 7.18. The smallest absolute Gasteiger partial charge is 0.341 e. The number of hydrazone groups is 1. The van der Waals surface area contributed by atoms with Crippen molar-refractivity contribution in [2.45, 2.75) is 39.2 Å². The average molecular weight is 363 g/mol. The van der Waals surface area contributed by atoms with Gasteiger partial charge in [0.05, 0.1) is 6.21 Å². The summed E-state index contributed by atoms with van der Waals surface area (Å²) < 4.78 is 5.24. The van der Waals surface area contributed by atoms with Gasteiger partial charge in [-0.25, -0.2) is 4.79 Å². The van der Waals surface area contributed by atoms with Crippen molar-refractivity contribution in [3.8, 4) is 5.75 Å². The monoisotopic (exact) mass is 363 g/mol. The number of nitrogens with one attached hydrogen (secondary N) is 2. The van der Waals surface area contributed by atoms with Crippen molar-refractivity contribution in [2.75, 3.05) is 6.61 Å². The summed E-state index contributed by atoms with van der Waals surface area (Å²) in [5.41, 5.74) is 3.50. The standard InChI is InChI=1S/C18H25N3O3S/c1-12-6-5-8-15(13(12)2)20-18(25)21-19-10-14-7-3-4-9-16(14)24-11-17(22)23/h3-4,7,9-10,12-13,15H,5-6,8,11H2,1-2H3,(H,22,23)(H2,20,21,25)/b19-10-/t12-,13-,15+/m1/s1. The summed E-state index contributed by atoms with van der Waals surface area (Å²) in [6, 6.07) is 7.47. The topological polar surface area (TPSA) is 83.0 Å². The molecule has 6 nitrogen and oxygen atoms in total. The third-order valence-electron chi connectivity index (χ3n) is 4.66. The Morgan fingerprint density at radius 3 is 2.92 bits per heavy atom. The molecule has 1 aromatic rings. The molecular formula is C18H25N3O3S. The van der Waals surface area contributed by atoms with E-state index in [-0.39, 0.29) is 0 Å². The van der Waals surface area contributed by atoms with Gasteiger partial charge >= 0.3 is 5.97 Å². The van der Waals surface area contributed by atoms with Crippen LogP contribution in [-0.4, -0.2) is 35.1 Å². The second-order valence-electron chi connectivity index (χ2n) is 6.44. The van der Waals surface area contributed by atoms with E-state index in [0.29, 0.717) is 34.3 Å². The van der Waals surface area contributed by atoms with Crippen LogP contribution in [0.5, 0.6) is 5.75 Å². The maximum absolute atomic E-state index is 10.6. The number of aliphatic carboxylic acids is 1. The minimum atomic E-state index is -1.02. The Bertz CT molecular complexity index is 636. The van der Waals surface area contributed by atoms with Crippen LogP contribution in [0.2, 0.25) is 0 Å². The molecule has 0 spiro atoms. The molecular weight excluding hydrogens is 338 g/mol. The van der Waals surface area contributed by atoms with E-state index in [0.717, 1.165) is 6.42 Å². The van der Waals surface area contributed by atoms with Crippen molar-refractivity contribution < 1.29 is 14.6 Å². The minimum Gasteiger partial charge on any atom is -0.481 e. The molecule has 0 unspecified atom stereocenters. The highest BCUT2D eigenvalue weighted by atomic mass is 32.1. The second kappa shape index (κ2) is 9.36. The van der Waals surface area contributed by atoms with E-state index < -0.39 is 12.6 Å². The van der Waals surface area contributed by atoms with Gasteiger partial charge in [0.2, 0.25) is 0 Å². The first-order valence-electron chi connectivity index (χ1n) is 8.50. The van der Waals surface area contributed by atoms with E-state index in [1.165, 1.54) is 12.8 Å². The molecule has 1 fully saturated rings. The lowest BCUT2D eigenvalue weighted by molar-refractivity contribution is -0.139. The number of carbonyl (C=O) groups is 1. The Morgan fingerprint density at radius 2 is 2.16 bits per heavy atom. The summed E-state index contributed by atoms with van der Waals surface area (Å²) >= 11 is 5.32. The Labute approximate surface area is 153 Å². The van der Waals surface area contributed by atoms with Crippen molar-refractivity contribution in [1.82, 2.24) is 10.7 Å². The number of ether oxygens (including phenoxy) is 1. The number of rotatable bonds is 6. The van der Waals surface area contributed by atoms with Gasteiger partial charge in [0.1, 0.15) is 5.75 Å². The van der Waals surface area contributed by atoms with E-state index in [1.807, 2.05) is 6.07 Å². The van der Waals surface area contributed by atoms with Gasteiger partial charge in [-0.05, 0) is 42.6 Å². The number of carboxylic acid groups (broad SMARTS) is 1. The van der Waals surface area contributed by atoms with Crippen LogP contribution in [0, 0.1) is 11.8 Å². The maximum Gasteiger partial charge on any atom is 0.341 e. The van der Waals surface area contributed by atoms with Crippen molar-refractivity contribution in [1.29, 1.82) is 0 Å². The van der Waals surface area contributed by atoms with Gasteiger partial charge in [-0.2, -0.15) is 5.10 Å². The number of benzene rings is 1. The molecule has 0 aromatic heterocycles. The molecule has 3 atom stereocenters. The summed E-state index contributed by atoms with van der Waals surface area (Å²) in [4.78, 5) is 10.6. The van der Waals surface area contributed by atoms with Crippen LogP contribution in [-0.2, 0) is 4.79 Å². The zero-order valence-electron chi connectivity index (χ0n) is 14.6. The van der Waals surface area contributed by atoms with Crippen LogP contribution in [0.1, 0.15) is 38.7 Å². The third-order valence-corrected chi connectivity index (χ3v) is 4.87. The van der Waals surface area contributed by atoms with Crippen molar-refractivity contribution in [3.63, 3.8) is 0 Å². The molecule has 0 aliphatic heterocycles. The molecule has 0 amide bonds. The van der Waals surface area contributed by atoms with Crippen LogP contribution in [0.25, 0.3) is 0 Å². The van der Waals surface area contributed by atoms with Crippen LogP contribution in [0.4, 0.5) is 0 Å². The zero-order valence-corrected chi connectivity index (χ0v) is 15.4. The summed E-state index contributed by atoms with van der Waals surface area (Å²) in [5.74, 6) is 0.702. The molecule has 2 rings (SSSR count). The Hall–Kier alpha value is -2.15. The number of para-hydroxylation sites is 1. The van der Waals surface area contributed by atoms with Gasteiger partial charge in [-0.15, -0.1) is 0 Å². The summed E-state index contributed by atoms with van der Waals surface area (Å²) in [7, 11) is 0. The van der Waals surface area contributed by atoms with Crippen LogP contribution in [0.15, 0.2) is 29.4 Å². The van der Waals surface area contributed by atoms with E-state index in [4.69, 9.17) is 22.1 Å². The molecule has 1 saturated carbocycles. The van der Waals surface area contributed by atoms with E-state index in [1.54, 1.807) is 24.4 Å². The molecule has 0 bridgehead atoms. The van der Waals surface area contributed by atoms with E-state index >= 15 is 0 Å². The van der Waals surface area contributed by atoms with Crippen molar-refractivity contribution in [3.05, 3.63) is 29.8 Å². The van der Waals surface area contributed by atoms with E-state index in [2.05, 4.69) is 29.7 Å². The van der Waals surface area contributed by atoms with Crippen LogP contribution < -0.4 is 15.5 Å². The van der Waals surface area contributed by atoms with Gasteiger partial charge in [-0.1, -0.05) is 38.8 Å². The first-order valence-corrected chi connectivity index (χ1v) is 8.91. The molecule has 136 valence electrons. The summed E-state index contributed by atoms with van der Waals surface area (Å²) in [6.45, 7) is 4.14. The largest absolute Gasteiger partial charge is 0.481 e. The number of carboxylic acids is 1. The zero-order chi connectivity index (χ0) is 18.2. The SMILES string of the molecule is C[C@@H]1[C@H](C)CCC[C@@H]1NC(=S)N/N=C\c1ccccc1OCC(=O)O. The highest BCUT2D eigenvalue weighted by Crippen LogP contribution is 2.29. The number of hydrogen-bond acceptors (Lipinski definition) is 4. The predicted molar refractivity (Wildman–Crippen MR) is 102 cm³/mol. The van der Waals surface area contributed by atoms with Gasteiger partial charge in [0.15, 0.2) is 11.7 Å². The first kappa shape index (κ1) is 19.2. The molecule has 0 saturated heterocycles. The molecule has 1 aliphatic rings. The number of thiocarbonyl (C=S) groups is 1. The lowest BCUT2D eigenvalue weighted by atomic mass is 9.78. The van der Waals surface area contributed by atoms with Gasteiger partial charge in [0, 0.05) is 11.6 Å². The molecule has 1 aliphatic carbocycles. The molecule has 7 heteroatoms. The van der Waals surface area contributed by atoms with Gasteiger partial charge in [-0.3, -0.25) is 5.43 Å². The Morgan fingerprint density at radius 1 is 1.40 bits per heavy atom. The van der Waals surface area contributed by atoms with Crippen LogP contribution in [0.3, 0.4) is 0 Å². The maximum atomic E-state index is 10.6. The Balaban J connectivity index is 1.88. The fraction of sp³-hybridized carbons (Fsp3) is 0.500. The highest BCUT2D eigenvalue weighted by molar-refractivity contribution is 7.80. The lowest BCUT2D eigenvalue weighted by Crippen LogP contribution is -2.46. The number of nitrogens with zero attached hydrogens (tertiary/aromatic N) is 1. The molecule has 0 heterocycles. The van der Waals surface area contributed by atoms with Gasteiger partial charge in [0.25, 0.3) is 0 Å². The normalized spacial score (nSPS) is 23.2. The van der Waals surface area contributed by atoms with Gasteiger partial charge < -0.3 is 15.2 Å². The average Bonchev–Trinajstić information content (AvgIpc) is 2.58. The quantitative estimate of drug-likeness (QED) is 0.410. The molecule has 3 N–H and O–H groups in total. The third kappa shape index (κ3) is 6.01. The predicted octanol–water partition coefficient (Wildman–Crippen LogP) is 2.77. The summed E-state index contributed by atoms with van der Waals surface area (Å²) in [5, 5.41) is 16.7. The first-order chi connectivity index (χ1) is 12.0. The number of hydrogen-bond donors (Lipinski definition) is 3. The molecule has 0 radical (unpaired) electrons. The molecule has 1 aromatic carbocycles. The lowest BCUT2D eigenvalue weighted by Gasteiger charge is -2.35. The minimum absolute atomic E-state index is 0.366. The fourth-order valence-electron chi connectivity index (χ4n) is 3.00. The highest BCUT2D eigenvalue weighted by Gasteiger charge is 2.27.